The van der Waals surface area contributed by atoms with Gasteiger partial charge in [-0.05, 0) is 49.9 Å². The van der Waals surface area contributed by atoms with Crippen molar-refractivity contribution in [2.75, 3.05) is 6.54 Å². The van der Waals surface area contributed by atoms with Gasteiger partial charge in [0, 0.05) is 16.6 Å². The highest BCUT2D eigenvalue weighted by molar-refractivity contribution is 9.10. The first-order valence-electron chi connectivity index (χ1n) is 5.32. The lowest BCUT2D eigenvalue weighted by atomic mass is 10.1. The van der Waals surface area contributed by atoms with E-state index in [2.05, 4.69) is 21.2 Å². The molecule has 2 rings (SSSR count). The second-order valence-electron chi connectivity index (χ2n) is 4.27. The zero-order chi connectivity index (χ0) is 10.8. The van der Waals surface area contributed by atoms with Crippen molar-refractivity contribution in [3.8, 4) is 0 Å². The molecule has 1 aromatic rings. The van der Waals surface area contributed by atoms with Gasteiger partial charge in [-0.3, -0.25) is 0 Å². The molecule has 82 valence electrons. The summed E-state index contributed by atoms with van der Waals surface area (Å²) in [4.78, 5) is 0. The zero-order valence-corrected chi connectivity index (χ0v) is 10.4. The molecule has 0 radical (unpaired) electrons. The summed E-state index contributed by atoms with van der Waals surface area (Å²) >= 11 is 3.39. The molecule has 1 nitrogen and oxygen atoms in total. The van der Waals surface area contributed by atoms with E-state index in [9.17, 15) is 4.39 Å². The summed E-state index contributed by atoms with van der Waals surface area (Å²) in [7, 11) is 0. The summed E-state index contributed by atoms with van der Waals surface area (Å²) in [6, 6.07) is 3.65. The molecular weight excluding hydrogens is 257 g/mol. The van der Waals surface area contributed by atoms with Gasteiger partial charge in [-0.2, -0.15) is 0 Å². The fraction of sp³-hybridized carbons (Fsp3) is 0.500. The van der Waals surface area contributed by atoms with E-state index < -0.39 is 0 Å². The Balaban J connectivity index is 1.98. The quantitative estimate of drug-likeness (QED) is 0.885. The highest BCUT2D eigenvalue weighted by atomic mass is 79.9. The number of halogens is 2. The lowest BCUT2D eigenvalue weighted by Gasteiger charge is -2.08. The van der Waals surface area contributed by atoms with Crippen molar-refractivity contribution in [1.29, 1.82) is 0 Å². The molecule has 1 aliphatic carbocycles. The Morgan fingerprint density at radius 1 is 1.47 bits per heavy atom. The number of rotatable bonds is 4. The Morgan fingerprint density at radius 2 is 2.20 bits per heavy atom. The van der Waals surface area contributed by atoms with Crippen molar-refractivity contribution in [1.82, 2.24) is 5.32 Å². The second-order valence-corrected chi connectivity index (χ2v) is 5.19. The summed E-state index contributed by atoms with van der Waals surface area (Å²) in [6.45, 7) is 3.44. The first-order valence-corrected chi connectivity index (χ1v) is 6.11. The summed E-state index contributed by atoms with van der Waals surface area (Å²) in [5.74, 6) is 0.753. The number of hydrogen-bond donors (Lipinski definition) is 1. The van der Waals surface area contributed by atoms with Crippen LogP contribution in [0.2, 0.25) is 0 Å². The largest absolute Gasteiger partial charge is 0.312 e. The van der Waals surface area contributed by atoms with Crippen molar-refractivity contribution in [3.63, 3.8) is 0 Å². The summed E-state index contributed by atoms with van der Waals surface area (Å²) in [6.07, 6.45) is 2.65. The third-order valence-electron chi connectivity index (χ3n) is 2.74. The molecule has 1 N–H and O–H groups in total. The van der Waals surface area contributed by atoms with Crippen LogP contribution in [-0.4, -0.2) is 6.54 Å². The van der Waals surface area contributed by atoms with Crippen molar-refractivity contribution in [2.45, 2.75) is 26.3 Å². The SMILES string of the molecule is Cc1cc(Br)cc(CNCC2CC2)c1F. The van der Waals surface area contributed by atoms with E-state index in [0.717, 1.165) is 22.5 Å². The Hall–Kier alpha value is -0.410. The molecule has 0 heterocycles. The van der Waals surface area contributed by atoms with Crippen molar-refractivity contribution in [2.24, 2.45) is 5.92 Å². The lowest BCUT2D eigenvalue weighted by molar-refractivity contribution is 0.571. The molecule has 1 aromatic carbocycles. The normalized spacial score (nSPS) is 15.7. The predicted octanol–water partition coefficient (Wildman–Crippen LogP) is 3.40. The Morgan fingerprint density at radius 3 is 2.87 bits per heavy atom. The minimum Gasteiger partial charge on any atom is -0.312 e. The van der Waals surface area contributed by atoms with Gasteiger partial charge >= 0.3 is 0 Å². The molecule has 0 bridgehead atoms. The van der Waals surface area contributed by atoms with Crippen LogP contribution in [0.3, 0.4) is 0 Å². The predicted molar refractivity (Wildman–Crippen MR) is 63.3 cm³/mol. The van der Waals surface area contributed by atoms with Crippen LogP contribution in [0.5, 0.6) is 0 Å². The molecule has 3 heteroatoms. The summed E-state index contributed by atoms with van der Waals surface area (Å²) in [5, 5.41) is 3.30. The van der Waals surface area contributed by atoms with E-state index in [0.29, 0.717) is 12.1 Å². The van der Waals surface area contributed by atoms with Gasteiger partial charge < -0.3 is 5.32 Å². The minimum atomic E-state index is -0.0819. The number of nitrogens with one attached hydrogen (secondary N) is 1. The monoisotopic (exact) mass is 271 g/mol. The van der Waals surface area contributed by atoms with Gasteiger partial charge in [0.25, 0.3) is 0 Å². The molecule has 0 aliphatic heterocycles. The van der Waals surface area contributed by atoms with Crippen molar-refractivity contribution >= 4 is 15.9 Å². The topological polar surface area (TPSA) is 12.0 Å². The smallest absolute Gasteiger partial charge is 0.130 e. The molecule has 0 aromatic heterocycles. The standard InChI is InChI=1S/C12H15BrFN/c1-8-4-11(13)5-10(12(8)14)7-15-6-9-2-3-9/h4-5,9,15H,2-3,6-7H2,1H3. The van der Waals surface area contributed by atoms with Crippen molar-refractivity contribution in [3.05, 3.63) is 33.5 Å². The van der Waals surface area contributed by atoms with Gasteiger partial charge in [-0.25, -0.2) is 4.39 Å². The fourth-order valence-electron chi connectivity index (χ4n) is 1.66. The van der Waals surface area contributed by atoms with Gasteiger partial charge in [0.15, 0.2) is 0 Å². The summed E-state index contributed by atoms with van der Waals surface area (Å²) < 4.78 is 14.6. The number of benzene rings is 1. The van der Waals surface area contributed by atoms with Crippen LogP contribution >= 0.6 is 15.9 Å². The van der Waals surface area contributed by atoms with E-state index in [-0.39, 0.29) is 5.82 Å². The lowest BCUT2D eigenvalue weighted by Crippen LogP contribution is -2.17. The molecule has 0 amide bonds. The van der Waals surface area contributed by atoms with Crippen LogP contribution in [0, 0.1) is 18.7 Å². The van der Waals surface area contributed by atoms with Crippen LogP contribution in [0.25, 0.3) is 0 Å². The molecule has 15 heavy (non-hydrogen) atoms. The van der Waals surface area contributed by atoms with Gasteiger partial charge in [0.2, 0.25) is 0 Å². The minimum absolute atomic E-state index is 0.0819. The molecule has 0 spiro atoms. The van der Waals surface area contributed by atoms with Crippen LogP contribution in [0.4, 0.5) is 4.39 Å². The number of hydrogen-bond acceptors (Lipinski definition) is 1. The van der Waals surface area contributed by atoms with Crippen LogP contribution in [0.1, 0.15) is 24.0 Å². The van der Waals surface area contributed by atoms with E-state index in [1.165, 1.54) is 12.8 Å². The maximum atomic E-state index is 13.7. The van der Waals surface area contributed by atoms with Gasteiger partial charge in [0.05, 0.1) is 0 Å². The highest BCUT2D eigenvalue weighted by Crippen LogP contribution is 2.27. The van der Waals surface area contributed by atoms with Crippen LogP contribution in [0.15, 0.2) is 16.6 Å². The van der Waals surface area contributed by atoms with E-state index in [1.54, 1.807) is 13.0 Å². The molecular formula is C12H15BrFN. The van der Waals surface area contributed by atoms with E-state index in [4.69, 9.17) is 0 Å². The Bertz CT molecular complexity index is 361. The van der Waals surface area contributed by atoms with E-state index >= 15 is 0 Å². The van der Waals surface area contributed by atoms with E-state index in [1.807, 2.05) is 6.07 Å². The first-order chi connectivity index (χ1) is 7.16. The van der Waals surface area contributed by atoms with Gasteiger partial charge in [-0.15, -0.1) is 0 Å². The third kappa shape index (κ3) is 3.02. The van der Waals surface area contributed by atoms with Crippen LogP contribution < -0.4 is 5.32 Å². The molecule has 0 atom stereocenters. The zero-order valence-electron chi connectivity index (χ0n) is 8.82. The van der Waals surface area contributed by atoms with Crippen LogP contribution in [-0.2, 0) is 6.54 Å². The first kappa shape index (κ1) is 11.1. The maximum Gasteiger partial charge on any atom is 0.130 e. The summed E-state index contributed by atoms with van der Waals surface area (Å²) in [5.41, 5.74) is 1.45. The third-order valence-corrected chi connectivity index (χ3v) is 3.20. The average molecular weight is 272 g/mol. The maximum absolute atomic E-state index is 13.7. The molecule has 0 saturated heterocycles. The Labute approximate surface area is 98.2 Å². The molecule has 1 aliphatic rings. The van der Waals surface area contributed by atoms with Gasteiger partial charge in [0.1, 0.15) is 5.82 Å². The second kappa shape index (κ2) is 4.62. The average Bonchev–Trinajstić information content (AvgIpc) is 2.97. The van der Waals surface area contributed by atoms with Gasteiger partial charge in [-0.1, -0.05) is 15.9 Å². The molecule has 1 fully saturated rings. The fourth-order valence-corrected chi connectivity index (χ4v) is 2.28. The van der Waals surface area contributed by atoms with Crippen molar-refractivity contribution < 1.29 is 4.39 Å². The number of aryl methyl sites for hydroxylation is 1. The molecule has 1 saturated carbocycles. The molecule has 0 unspecified atom stereocenters. The Kier molecular flexibility index (Phi) is 3.42. The highest BCUT2D eigenvalue weighted by Gasteiger charge is 2.20.